The number of carbonyl (C=O) groups is 1. The van der Waals surface area contributed by atoms with Crippen LogP contribution in [0.25, 0.3) is 0 Å². The van der Waals surface area contributed by atoms with Gasteiger partial charge in [-0.15, -0.1) is 0 Å². The minimum atomic E-state index is -4.40. The van der Waals surface area contributed by atoms with E-state index in [4.69, 9.17) is 21.2 Å². The van der Waals surface area contributed by atoms with Gasteiger partial charge >= 0.3 is 6.18 Å². The number of alkyl halides is 3. The van der Waals surface area contributed by atoms with Gasteiger partial charge in [-0.3, -0.25) is 9.63 Å². The first-order valence-electron chi connectivity index (χ1n) is 7.71. The Morgan fingerprint density at radius 3 is 2.15 bits per heavy atom. The molecule has 2 aromatic rings. The number of ether oxygens (including phenoxy) is 1. The van der Waals surface area contributed by atoms with E-state index in [1.807, 2.05) is 0 Å². The molecule has 0 spiro atoms. The van der Waals surface area contributed by atoms with Crippen LogP contribution in [0, 0.1) is 0 Å². The Balaban J connectivity index is 1.86. The molecule has 2 atom stereocenters. The highest BCUT2D eigenvalue weighted by Crippen LogP contribution is 2.30. The smallest absolute Gasteiger partial charge is 0.416 e. The van der Waals surface area contributed by atoms with Gasteiger partial charge in [0.1, 0.15) is 11.9 Å². The molecule has 1 N–H and O–H groups in total. The summed E-state index contributed by atoms with van der Waals surface area (Å²) < 4.78 is 43.1. The Hall–Kier alpha value is -2.25. The Morgan fingerprint density at radius 2 is 1.62 bits per heavy atom. The molecular formula is C18H17ClF3NO3. The normalized spacial score (nSPS) is 13.8. The largest absolute Gasteiger partial charge is 0.481 e. The fraction of sp³-hybridized carbons (Fsp3) is 0.278. The summed E-state index contributed by atoms with van der Waals surface area (Å²) in [5.74, 6) is -0.0634. The van der Waals surface area contributed by atoms with Crippen LogP contribution in [0.2, 0.25) is 5.02 Å². The van der Waals surface area contributed by atoms with Crippen molar-refractivity contribution in [3.05, 3.63) is 64.7 Å². The highest BCUT2D eigenvalue weighted by Gasteiger charge is 2.30. The number of halogens is 4. The molecular weight excluding hydrogens is 371 g/mol. The van der Waals surface area contributed by atoms with Crippen molar-refractivity contribution in [1.29, 1.82) is 0 Å². The summed E-state index contributed by atoms with van der Waals surface area (Å²) in [5.41, 5.74) is 1.99. The quantitative estimate of drug-likeness (QED) is 0.714. The van der Waals surface area contributed by atoms with Crippen molar-refractivity contribution >= 4 is 17.5 Å². The van der Waals surface area contributed by atoms with Gasteiger partial charge in [-0.1, -0.05) is 23.7 Å². The second-order valence-corrected chi connectivity index (χ2v) is 6.00. The van der Waals surface area contributed by atoms with Gasteiger partial charge in [-0.05, 0) is 55.8 Å². The van der Waals surface area contributed by atoms with Crippen LogP contribution in [0.15, 0.2) is 48.5 Å². The second-order valence-electron chi connectivity index (χ2n) is 5.56. The zero-order valence-electron chi connectivity index (χ0n) is 14.0. The predicted octanol–water partition coefficient (Wildman–Crippen LogP) is 4.94. The predicted molar refractivity (Wildman–Crippen MR) is 90.6 cm³/mol. The SMILES string of the molecule is CC(Oc1ccc(Cl)cc1)C(=O)NOC(C)c1ccc(C(F)(F)F)cc1. The number of hydrogen-bond acceptors (Lipinski definition) is 3. The number of hydrogen-bond donors (Lipinski definition) is 1. The fourth-order valence-electron chi connectivity index (χ4n) is 2.01. The maximum atomic E-state index is 12.6. The van der Waals surface area contributed by atoms with E-state index in [-0.39, 0.29) is 0 Å². The third-order valence-electron chi connectivity index (χ3n) is 3.54. The number of hydroxylamine groups is 1. The first-order valence-corrected chi connectivity index (χ1v) is 8.09. The van der Waals surface area contributed by atoms with Crippen molar-refractivity contribution < 1.29 is 27.5 Å². The summed E-state index contributed by atoms with van der Waals surface area (Å²) in [6, 6.07) is 11.0. The number of rotatable bonds is 6. The summed E-state index contributed by atoms with van der Waals surface area (Å²) in [6.45, 7) is 3.14. The van der Waals surface area contributed by atoms with E-state index >= 15 is 0 Å². The maximum absolute atomic E-state index is 12.6. The van der Waals surface area contributed by atoms with E-state index in [1.54, 1.807) is 31.2 Å². The van der Waals surface area contributed by atoms with E-state index in [1.165, 1.54) is 19.1 Å². The van der Waals surface area contributed by atoms with Crippen molar-refractivity contribution in [2.45, 2.75) is 32.2 Å². The average Bonchev–Trinajstić information content (AvgIpc) is 2.60. The van der Waals surface area contributed by atoms with Crippen molar-refractivity contribution in [3.63, 3.8) is 0 Å². The van der Waals surface area contributed by atoms with Crippen LogP contribution in [0.3, 0.4) is 0 Å². The molecule has 0 bridgehead atoms. The van der Waals surface area contributed by atoms with Gasteiger partial charge in [0.15, 0.2) is 6.10 Å². The van der Waals surface area contributed by atoms with Crippen LogP contribution >= 0.6 is 11.6 Å². The molecule has 0 aliphatic heterocycles. The molecule has 2 rings (SSSR count). The van der Waals surface area contributed by atoms with Gasteiger partial charge in [0.2, 0.25) is 0 Å². The highest BCUT2D eigenvalue weighted by molar-refractivity contribution is 6.30. The minimum absolute atomic E-state index is 0.466. The van der Waals surface area contributed by atoms with Crippen LogP contribution in [-0.2, 0) is 15.8 Å². The van der Waals surface area contributed by atoms with Gasteiger partial charge in [-0.25, -0.2) is 5.48 Å². The number of nitrogens with one attached hydrogen (secondary N) is 1. The topological polar surface area (TPSA) is 47.6 Å². The van der Waals surface area contributed by atoms with Crippen LogP contribution in [0.4, 0.5) is 13.2 Å². The lowest BCUT2D eigenvalue weighted by atomic mass is 10.1. The molecule has 4 nitrogen and oxygen atoms in total. The Kier molecular flexibility index (Phi) is 6.50. The van der Waals surface area contributed by atoms with Crippen LogP contribution < -0.4 is 10.2 Å². The monoisotopic (exact) mass is 387 g/mol. The minimum Gasteiger partial charge on any atom is -0.481 e. The molecule has 0 aliphatic rings. The van der Waals surface area contributed by atoms with E-state index < -0.39 is 29.9 Å². The summed E-state index contributed by atoms with van der Waals surface area (Å²) in [4.78, 5) is 17.2. The van der Waals surface area contributed by atoms with E-state index in [0.717, 1.165) is 12.1 Å². The lowest BCUT2D eigenvalue weighted by Gasteiger charge is -2.18. The fourth-order valence-corrected chi connectivity index (χ4v) is 2.14. The standard InChI is InChI=1S/C18H17ClF3NO3/c1-11(13-3-5-14(6-4-13)18(20,21)22)26-23-17(24)12(2)25-16-9-7-15(19)8-10-16/h3-12H,1-2H3,(H,23,24). The van der Waals surface area contributed by atoms with Crippen molar-refractivity contribution in [2.75, 3.05) is 0 Å². The molecule has 0 aliphatic carbocycles. The molecule has 8 heteroatoms. The lowest BCUT2D eigenvalue weighted by molar-refractivity contribution is -0.144. The highest BCUT2D eigenvalue weighted by atomic mass is 35.5. The third kappa shape index (κ3) is 5.64. The first kappa shape index (κ1) is 20.1. The molecule has 2 aromatic carbocycles. The van der Waals surface area contributed by atoms with E-state index in [2.05, 4.69) is 5.48 Å². The summed E-state index contributed by atoms with van der Waals surface area (Å²) in [7, 11) is 0. The third-order valence-corrected chi connectivity index (χ3v) is 3.79. The molecule has 0 heterocycles. The van der Waals surface area contributed by atoms with Crippen molar-refractivity contribution in [2.24, 2.45) is 0 Å². The number of carbonyl (C=O) groups excluding carboxylic acids is 1. The number of amides is 1. The van der Waals surface area contributed by atoms with Crippen molar-refractivity contribution in [3.8, 4) is 5.75 Å². The summed E-state index contributed by atoms with van der Waals surface area (Å²) in [5, 5.41) is 0.545. The second kappa shape index (κ2) is 8.42. The molecule has 0 saturated heterocycles. The van der Waals surface area contributed by atoms with E-state index in [0.29, 0.717) is 16.3 Å². The molecule has 26 heavy (non-hydrogen) atoms. The average molecular weight is 388 g/mol. The number of benzene rings is 2. The Bertz CT molecular complexity index is 733. The van der Waals surface area contributed by atoms with Gasteiger partial charge in [0.25, 0.3) is 5.91 Å². The van der Waals surface area contributed by atoms with Gasteiger partial charge < -0.3 is 4.74 Å². The molecule has 0 saturated carbocycles. The Labute approximate surface area is 153 Å². The van der Waals surface area contributed by atoms with Crippen molar-refractivity contribution in [1.82, 2.24) is 5.48 Å². The van der Waals surface area contributed by atoms with E-state index in [9.17, 15) is 18.0 Å². The van der Waals surface area contributed by atoms with Crippen LogP contribution in [-0.4, -0.2) is 12.0 Å². The van der Waals surface area contributed by atoms with Gasteiger partial charge in [0.05, 0.1) is 5.56 Å². The lowest BCUT2D eigenvalue weighted by Crippen LogP contribution is -2.36. The van der Waals surface area contributed by atoms with Gasteiger partial charge in [0, 0.05) is 5.02 Å². The van der Waals surface area contributed by atoms with Crippen LogP contribution in [0.5, 0.6) is 5.75 Å². The molecule has 2 unspecified atom stereocenters. The molecule has 0 aromatic heterocycles. The van der Waals surface area contributed by atoms with Crippen LogP contribution in [0.1, 0.15) is 31.1 Å². The molecule has 140 valence electrons. The zero-order chi connectivity index (χ0) is 19.3. The maximum Gasteiger partial charge on any atom is 0.416 e. The van der Waals surface area contributed by atoms with Gasteiger partial charge in [-0.2, -0.15) is 13.2 Å². The molecule has 0 radical (unpaired) electrons. The summed E-state index contributed by atoms with van der Waals surface area (Å²) >= 11 is 5.77. The zero-order valence-corrected chi connectivity index (χ0v) is 14.8. The summed E-state index contributed by atoms with van der Waals surface area (Å²) in [6.07, 6.45) is -5.87. The molecule has 1 amide bonds. The first-order chi connectivity index (χ1) is 12.2. The molecule has 0 fully saturated rings. The Morgan fingerprint density at radius 1 is 1.04 bits per heavy atom.